The maximum Gasteiger partial charge on any atom is 0.328 e. The van der Waals surface area contributed by atoms with Crippen LogP contribution in [0.2, 0.25) is 0 Å². The van der Waals surface area contributed by atoms with Crippen LogP contribution < -0.4 is 0 Å². The highest BCUT2D eigenvalue weighted by Gasteiger charge is 2.38. The highest BCUT2D eigenvalue weighted by molar-refractivity contribution is 5.86. The Hall–Kier alpha value is -1.06. The third kappa shape index (κ3) is 10.4. The number of rotatable bonds is 16. The predicted octanol–water partition coefficient (Wildman–Crippen LogP) is 7.19. The Kier molecular flexibility index (Phi) is 14.0. The van der Waals surface area contributed by atoms with Crippen LogP contribution in [0.5, 0.6) is 0 Å². The zero-order valence-corrected chi connectivity index (χ0v) is 20.4. The summed E-state index contributed by atoms with van der Waals surface area (Å²) in [6, 6.07) is -0.323. The number of likely N-dealkylation sites (tertiary alicyclic amines) is 1. The third-order valence-electron chi connectivity index (χ3n) is 7.25. The summed E-state index contributed by atoms with van der Waals surface area (Å²) in [7, 11) is 0. The van der Waals surface area contributed by atoms with Crippen molar-refractivity contribution in [2.24, 2.45) is 5.92 Å². The number of esters is 1. The van der Waals surface area contributed by atoms with E-state index in [-0.39, 0.29) is 23.8 Å². The molecule has 0 aromatic heterocycles. The first-order valence-electron chi connectivity index (χ1n) is 13.7. The summed E-state index contributed by atoms with van der Waals surface area (Å²) in [5, 5.41) is 0. The van der Waals surface area contributed by atoms with E-state index in [0.29, 0.717) is 6.61 Å². The summed E-state index contributed by atoms with van der Waals surface area (Å²) in [5.74, 6) is 0.184. The number of unbranched alkanes of at least 4 members (excludes halogenated alkanes) is 12. The number of carbonyl (C=O) groups excluding carboxylic acids is 2. The molecule has 1 aliphatic carbocycles. The molecule has 1 saturated heterocycles. The van der Waals surface area contributed by atoms with Crippen LogP contribution in [-0.2, 0) is 14.3 Å². The lowest BCUT2D eigenvalue weighted by Gasteiger charge is -2.29. The highest BCUT2D eigenvalue weighted by atomic mass is 16.5. The van der Waals surface area contributed by atoms with E-state index in [1.165, 1.54) is 77.0 Å². The average molecular weight is 436 g/mol. The van der Waals surface area contributed by atoms with Crippen molar-refractivity contribution in [3.05, 3.63) is 0 Å². The fourth-order valence-corrected chi connectivity index (χ4v) is 5.25. The molecule has 4 heteroatoms. The molecular formula is C27H49NO3. The van der Waals surface area contributed by atoms with E-state index >= 15 is 0 Å². The fourth-order valence-electron chi connectivity index (χ4n) is 5.25. The average Bonchev–Trinajstić information content (AvgIpc) is 3.29. The maximum absolute atomic E-state index is 12.8. The lowest BCUT2D eigenvalue weighted by molar-refractivity contribution is -0.155. The monoisotopic (exact) mass is 435 g/mol. The molecule has 2 aliphatic rings. The number of hydrogen-bond donors (Lipinski definition) is 0. The first-order valence-corrected chi connectivity index (χ1v) is 13.7. The minimum absolute atomic E-state index is 0.142. The number of carbonyl (C=O) groups is 2. The second-order valence-corrected chi connectivity index (χ2v) is 9.93. The molecule has 0 aromatic rings. The Morgan fingerprint density at radius 1 is 0.710 bits per heavy atom. The molecule has 2 rings (SSSR count). The van der Waals surface area contributed by atoms with Gasteiger partial charge in [-0.05, 0) is 32.1 Å². The third-order valence-corrected chi connectivity index (χ3v) is 7.25. The molecular weight excluding hydrogens is 386 g/mol. The van der Waals surface area contributed by atoms with E-state index < -0.39 is 0 Å². The first kappa shape index (κ1) is 26.2. The zero-order chi connectivity index (χ0) is 22.2. The molecule has 0 bridgehead atoms. The Balaban J connectivity index is 1.45. The van der Waals surface area contributed by atoms with Crippen molar-refractivity contribution in [1.29, 1.82) is 0 Å². The van der Waals surface area contributed by atoms with Crippen LogP contribution >= 0.6 is 0 Å². The lowest BCUT2D eigenvalue weighted by atomic mass is 9.88. The molecule has 0 radical (unpaired) electrons. The number of ether oxygens (including phenoxy) is 1. The lowest BCUT2D eigenvalue weighted by Crippen LogP contribution is -2.44. The molecule has 180 valence electrons. The van der Waals surface area contributed by atoms with Gasteiger partial charge in [0, 0.05) is 12.5 Å². The predicted molar refractivity (Wildman–Crippen MR) is 128 cm³/mol. The molecule has 0 spiro atoms. The van der Waals surface area contributed by atoms with Crippen molar-refractivity contribution in [1.82, 2.24) is 4.90 Å². The van der Waals surface area contributed by atoms with Crippen LogP contribution in [0.4, 0.5) is 0 Å². The van der Waals surface area contributed by atoms with Gasteiger partial charge in [-0.15, -0.1) is 0 Å². The maximum atomic E-state index is 12.8. The molecule has 1 saturated carbocycles. The van der Waals surface area contributed by atoms with Gasteiger partial charge in [0.15, 0.2) is 0 Å². The van der Waals surface area contributed by atoms with Crippen LogP contribution in [0.25, 0.3) is 0 Å². The Bertz CT molecular complexity index is 487. The van der Waals surface area contributed by atoms with Gasteiger partial charge >= 0.3 is 5.97 Å². The normalized spacial score (nSPS) is 19.6. The van der Waals surface area contributed by atoms with Gasteiger partial charge in [0.1, 0.15) is 6.04 Å². The Labute approximate surface area is 191 Å². The van der Waals surface area contributed by atoms with Crippen LogP contribution in [0.1, 0.15) is 135 Å². The van der Waals surface area contributed by atoms with Crippen LogP contribution in [0.15, 0.2) is 0 Å². The molecule has 0 aromatic carbocycles. The minimum atomic E-state index is -0.323. The molecule has 2 fully saturated rings. The van der Waals surface area contributed by atoms with Gasteiger partial charge in [0.05, 0.1) is 6.61 Å². The van der Waals surface area contributed by atoms with Crippen molar-refractivity contribution in [2.45, 2.75) is 141 Å². The molecule has 4 nitrogen and oxygen atoms in total. The van der Waals surface area contributed by atoms with Crippen molar-refractivity contribution < 1.29 is 14.3 Å². The van der Waals surface area contributed by atoms with Gasteiger partial charge in [-0.1, -0.05) is 103 Å². The second-order valence-electron chi connectivity index (χ2n) is 9.93. The largest absolute Gasteiger partial charge is 0.464 e. The Morgan fingerprint density at radius 2 is 1.26 bits per heavy atom. The van der Waals surface area contributed by atoms with E-state index in [0.717, 1.165) is 57.9 Å². The molecule has 1 aliphatic heterocycles. The van der Waals surface area contributed by atoms with Crippen molar-refractivity contribution in [2.75, 3.05) is 13.2 Å². The van der Waals surface area contributed by atoms with Crippen molar-refractivity contribution >= 4 is 11.9 Å². The smallest absolute Gasteiger partial charge is 0.328 e. The van der Waals surface area contributed by atoms with Gasteiger partial charge < -0.3 is 9.64 Å². The van der Waals surface area contributed by atoms with Gasteiger partial charge in [0.25, 0.3) is 0 Å². The summed E-state index contributed by atoms with van der Waals surface area (Å²) < 4.78 is 5.56. The molecule has 1 unspecified atom stereocenters. The topological polar surface area (TPSA) is 46.6 Å². The highest BCUT2D eigenvalue weighted by Crippen LogP contribution is 2.29. The van der Waals surface area contributed by atoms with E-state index in [1.54, 1.807) is 0 Å². The molecule has 31 heavy (non-hydrogen) atoms. The molecule has 1 amide bonds. The van der Waals surface area contributed by atoms with Crippen molar-refractivity contribution in [3.8, 4) is 0 Å². The van der Waals surface area contributed by atoms with E-state index in [9.17, 15) is 9.59 Å². The van der Waals surface area contributed by atoms with Gasteiger partial charge in [0.2, 0.25) is 5.91 Å². The summed E-state index contributed by atoms with van der Waals surface area (Å²) in [6.45, 7) is 3.51. The zero-order valence-electron chi connectivity index (χ0n) is 20.4. The SMILES string of the molecule is CCCCCCCCCCCCCCCOC(=O)C1CCCN1C(=O)C1CCCCC1. The van der Waals surface area contributed by atoms with Crippen molar-refractivity contribution in [3.63, 3.8) is 0 Å². The quantitative estimate of drug-likeness (QED) is 0.190. The molecule has 0 N–H and O–H groups in total. The van der Waals surface area contributed by atoms with E-state index in [1.807, 2.05) is 4.90 Å². The summed E-state index contributed by atoms with van der Waals surface area (Å²) in [4.78, 5) is 27.2. The van der Waals surface area contributed by atoms with E-state index in [4.69, 9.17) is 4.74 Å². The first-order chi connectivity index (χ1) is 15.2. The number of hydrogen-bond acceptors (Lipinski definition) is 3. The summed E-state index contributed by atoms with van der Waals surface area (Å²) in [6.07, 6.45) is 24.3. The molecule has 1 heterocycles. The Morgan fingerprint density at radius 3 is 1.84 bits per heavy atom. The number of nitrogens with zero attached hydrogens (tertiary/aromatic N) is 1. The van der Waals surface area contributed by atoms with Crippen LogP contribution in [-0.4, -0.2) is 36.0 Å². The van der Waals surface area contributed by atoms with Gasteiger partial charge in [-0.25, -0.2) is 4.79 Å². The van der Waals surface area contributed by atoms with E-state index in [2.05, 4.69) is 6.92 Å². The van der Waals surface area contributed by atoms with Crippen LogP contribution in [0.3, 0.4) is 0 Å². The fraction of sp³-hybridized carbons (Fsp3) is 0.926. The minimum Gasteiger partial charge on any atom is -0.464 e. The summed E-state index contributed by atoms with van der Waals surface area (Å²) in [5.41, 5.74) is 0. The standard InChI is InChI=1S/C27H49NO3/c1-2-3-4-5-6-7-8-9-10-11-12-13-17-23-31-27(30)25-21-18-22-28(25)26(29)24-19-15-14-16-20-24/h24-25H,2-23H2,1H3. The van der Waals surface area contributed by atoms with Crippen LogP contribution in [0, 0.1) is 5.92 Å². The second kappa shape index (κ2) is 16.6. The van der Waals surface area contributed by atoms with Gasteiger partial charge in [-0.3, -0.25) is 4.79 Å². The number of amides is 1. The van der Waals surface area contributed by atoms with Gasteiger partial charge in [-0.2, -0.15) is 0 Å². The summed E-state index contributed by atoms with van der Waals surface area (Å²) >= 11 is 0. The molecule has 1 atom stereocenters.